The molecule has 0 aliphatic rings. The zero-order valence-corrected chi connectivity index (χ0v) is 12.1. The Kier molecular flexibility index (Phi) is 3.68. The maximum Gasteiger partial charge on any atom is 0.152 e. The van der Waals surface area contributed by atoms with Gasteiger partial charge in [-0.3, -0.25) is 5.84 Å². The van der Waals surface area contributed by atoms with Crippen LogP contribution in [0.2, 0.25) is 5.02 Å². The number of rotatable bonds is 3. The largest absolute Gasteiger partial charge is 0.457 e. The molecule has 2 aromatic carbocycles. The number of aryl methyl sites for hydroxylation is 1. The SMILES string of the molecule is Cc1cccc(C(NN)c2cc3cccc(Cl)c3o2)c1F. The molecule has 3 rings (SSSR count). The maximum atomic E-state index is 14.3. The highest BCUT2D eigenvalue weighted by molar-refractivity contribution is 6.34. The van der Waals surface area contributed by atoms with Crippen LogP contribution in [0.3, 0.4) is 0 Å². The van der Waals surface area contributed by atoms with Crippen molar-refractivity contribution in [3.05, 3.63) is 70.2 Å². The highest BCUT2D eigenvalue weighted by atomic mass is 35.5. The highest BCUT2D eigenvalue weighted by Crippen LogP contribution is 2.32. The van der Waals surface area contributed by atoms with Crippen LogP contribution >= 0.6 is 11.6 Å². The number of halogens is 2. The van der Waals surface area contributed by atoms with Gasteiger partial charge < -0.3 is 4.42 Å². The van der Waals surface area contributed by atoms with Crippen LogP contribution in [0.15, 0.2) is 46.9 Å². The molecule has 0 radical (unpaired) electrons. The normalized spacial score (nSPS) is 12.8. The first kappa shape index (κ1) is 14.1. The van der Waals surface area contributed by atoms with Gasteiger partial charge in [0.05, 0.1) is 5.02 Å². The Labute approximate surface area is 126 Å². The maximum absolute atomic E-state index is 14.3. The van der Waals surface area contributed by atoms with E-state index in [1.54, 1.807) is 31.2 Å². The predicted octanol–water partition coefficient (Wildman–Crippen LogP) is 4.09. The third-order valence-electron chi connectivity index (χ3n) is 3.50. The number of hydrogen-bond acceptors (Lipinski definition) is 3. The Morgan fingerprint density at radius 2 is 2.00 bits per heavy atom. The molecule has 0 aliphatic carbocycles. The molecule has 0 spiro atoms. The van der Waals surface area contributed by atoms with E-state index in [1.165, 1.54) is 0 Å². The fraction of sp³-hybridized carbons (Fsp3) is 0.125. The van der Waals surface area contributed by atoms with Gasteiger partial charge >= 0.3 is 0 Å². The molecule has 3 nitrogen and oxygen atoms in total. The summed E-state index contributed by atoms with van der Waals surface area (Å²) >= 11 is 6.10. The zero-order valence-electron chi connectivity index (χ0n) is 11.4. The van der Waals surface area contributed by atoms with Crippen molar-refractivity contribution in [3.63, 3.8) is 0 Å². The van der Waals surface area contributed by atoms with Crippen LogP contribution in [-0.4, -0.2) is 0 Å². The lowest BCUT2D eigenvalue weighted by Crippen LogP contribution is -2.29. The summed E-state index contributed by atoms with van der Waals surface area (Å²) in [7, 11) is 0. The van der Waals surface area contributed by atoms with Gasteiger partial charge in [0.1, 0.15) is 17.6 Å². The number of benzene rings is 2. The van der Waals surface area contributed by atoms with Crippen LogP contribution < -0.4 is 11.3 Å². The second-order valence-corrected chi connectivity index (χ2v) is 5.29. The monoisotopic (exact) mass is 304 g/mol. The zero-order chi connectivity index (χ0) is 15.0. The van der Waals surface area contributed by atoms with E-state index in [4.69, 9.17) is 21.9 Å². The molecule has 0 fully saturated rings. The third-order valence-corrected chi connectivity index (χ3v) is 3.80. The van der Waals surface area contributed by atoms with Gasteiger partial charge in [0.2, 0.25) is 0 Å². The molecule has 0 bridgehead atoms. The molecular formula is C16H14ClFN2O. The van der Waals surface area contributed by atoms with E-state index in [0.717, 1.165) is 5.39 Å². The number of fused-ring (bicyclic) bond motifs is 1. The molecule has 5 heteroatoms. The summed E-state index contributed by atoms with van der Waals surface area (Å²) < 4.78 is 20.1. The van der Waals surface area contributed by atoms with Crippen LogP contribution in [0.5, 0.6) is 0 Å². The molecule has 0 saturated heterocycles. The van der Waals surface area contributed by atoms with Crippen molar-refractivity contribution in [1.29, 1.82) is 0 Å². The Balaban J connectivity index is 2.14. The van der Waals surface area contributed by atoms with Gasteiger partial charge in [-0.15, -0.1) is 0 Å². The summed E-state index contributed by atoms with van der Waals surface area (Å²) in [5.41, 5.74) is 4.17. The van der Waals surface area contributed by atoms with E-state index in [0.29, 0.717) is 27.5 Å². The van der Waals surface area contributed by atoms with Gasteiger partial charge in [-0.25, -0.2) is 9.82 Å². The van der Waals surface area contributed by atoms with E-state index < -0.39 is 6.04 Å². The second-order valence-electron chi connectivity index (χ2n) is 4.88. The first-order valence-corrected chi connectivity index (χ1v) is 6.88. The molecule has 3 aromatic rings. The Morgan fingerprint density at radius 3 is 2.71 bits per heavy atom. The number of nitrogens with one attached hydrogen (secondary N) is 1. The molecule has 108 valence electrons. The van der Waals surface area contributed by atoms with E-state index >= 15 is 0 Å². The molecule has 0 saturated carbocycles. The summed E-state index contributed by atoms with van der Waals surface area (Å²) in [6, 6.07) is 11.9. The summed E-state index contributed by atoms with van der Waals surface area (Å²) in [6.07, 6.45) is 0. The molecule has 1 atom stereocenters. The van der Waals surface area contributed by atoms with Gasteiger partial charge in [-0.1, -0.05) is 41.9 Å². The standard InChI is InChI=1S/C16H14ClFN2O/c1-9-4-2-6-11(14(9)18)15(20-19)13-8-10-5-3-7-12(17)16(10)21-13/h2-8,15,20H,19H2,1H3. The lowest BCUT2D eigenvalue weighted by Gasteiger charge is -2.15. The smallest absolute Gasteiger partial charge is 0.152 e. The number of furan rings is 1. The van der Waals surface area contributed by atoms with E-state index in [2.05, 4.69) is 5.43 Å². The topological polar surface area (TPSA) is 51.2 Å². The Hall–Kier alpha value is -1.88. The second kappa shape index (κ2) is 5.48. The van der Waals surface area contributed by atoms with Gasteiger partial charge in [0, 0.05) is 10.9 Å². The quantitative estimate of drug-likeness (QED) is 0.566. The van der Waals surface area contributed by atoms with Crippen LogP contribution in [-0.2, 0) is 0 Å². The highest BCUT2D eigenvalue weighted by Gasteiger charge is 2.21. The van der Waals surface area contributed by atoms with Crippen LogP contribution in [0.4, 0.5) is 4.39 Å². The van der Waals surface area contributed by atoms with Crippen molar-refractivity contribution in [2.24, 2.45) is 5.84 Å². The minimum absolute atomic E-state index is 0.299. The Morgan fingerprint density at radius 1 is 1.24 bits per heavy atom. The molecule has 1 aromatic heterocycles. The number of hydrazine groups is 1. The van der Waals surface area contributed by atoms with E-state index in [1.807, 2.05) is 18.2 Å². The molecule has 1 heterocycles. The van der Waals surface area contributed by atoms with Gasteiger partial charge in [0.25, 0.3) is 0 Å². The van der Waals surface area contributed by atoms with Crippen molar-refractivity contribution in [3.8, 4) is 0 Å². The molecule has 1 unspecified atom stereocenters. The van der Waals surface area contributed by atoms with Crippen LogP contribution in [0.25, 0.3) is 11.0 Å². The minimum atomic E-state index is -0.576. The molecular weight excluding hydrogens is 291 g/mol. The van der Waals surface area contributed by atoms with Crippen molar-refractivity contribution in [2.45, 2.75) is 13.0 Å². The third kappa shape index (κ3) is 2.42. The first-order chi connectivity index (χ1) is 10.1. The number of para-hydroxylation sites is 1. The van der Waals surface area contributed by atoms with Crippen molar-refractivity contribution in [2.75, 3.05) is 0 Å². The average Bonchev–Trinajstić information content (AvgIpc) is 2.89. The summed E-state index contributed by atoms with van der Waals surface area (Å²) in [5.74, 6) is 5.83. The fourth-order valence-corrected chi connectivity index (χ4v) is 2.63. The van der Waals surface area contributed by atoms with Crippen LogP contribution in [0, 0.1) is 12.7 Å². The number of hydrogen-bond donors (Lipinski definition) is 2. The van der Waals surface area contributed by atoms with E-state index in [-0.39, 0.29) is 5.82 Å². The predicted molar refractivity (Wildman–Crippen MR) is 81.5 cm³/mol. The van der Waals surface area contributed by atoms with Crippen molar-refractivity contribution in [1.82, 2.24) is 5.43 Å². The molecule has 3 N–H and O–H groups in total. The van der Waals surface area contributed by atoms with Gasteiger partial charge in [0.15, 0.2) is 5.58 Å². The van der Waals surface area contributed by atoms with Crippen LogP contribution in [0.1, 0.15) is 22.9 Å². The van der Waals surface area contributed by atoms with Gasteiger partial charge in [-0.2, -0.15) is 0 Å². The lowest BCUT2D eigenvalue weighted by molar-refractivity contribution is 0.461. The summed E-state index contributed by atoms with van der Waals surface area (Å²) in [5, 5.41) is 1.37. The van der Waals surface area contributed by atoms with Crippen molar-refractivity contribution >= 4 is 22.6 Å². The first-order valence-electron chi connectivity index (χ1n) is 6.51. The summed E-state index contributed by atoms with van der Waals surface area (Å²) in [4.78, 5) is 0. The number of nitrogens with two attached hydrogens (primary N) is 1. The lowest BCUT2D eigenvalue weighted by atomic mass is 10.0. The Bertz CT molecular complexity index is 800. The van der Waals surface area contributed by atoms with E-state index in [9.17, 15) is 4.39 Å². The summed E-state index contributed by atoms with van der Waals surface area (Å²) in [6.45, 7) is 1.71. The van der Waals surface area contributed by atoms with Gasteiger partial charge in [-0.05, 0) is 24.6 Å². The molecule has 0 amide bonds. The fourth-order valence-electron chi connectivity index (χ4n) is 2.41. The minimum Gasteiger partial charge on any atom is -0.457 e. The average molecular weight is 305 g/mol. The van der Waals surface area contributed by atoms with Crippen molar-refractivity contribution < 1.29 is 8.81 Å². The molecule has 0 aliphatic heterocycles. The molecule has 21 heavy (non-hydrogen) atoms.